The normalized spacial score (nSPS) is 30.2. The topological polar surface area (TPSA) is 23.5 Å². The van der Waals surface area contributed by atoms with Gasteiger partial charge in [0.2, 0.25) is 0 Å². The fraction of sp³-hybridized carbons (Fsp3) is 1.00. The third kappa shape index (κ3) is 4.14. The number of alkyl halides is 3. The van der Waals surface area contributed by atoms with E-state index in [4.69, 9.17) is 0 Å². The zero-order valence-electron chi connectivity index (χ0n) is 9.92. The summed E-state index contributed by atoms with van der Waals surface area (Å²) < 4.78 is 37.1. The monoisotopic (exact) mass is 251 g/mol. The lowest BCUT2D eigenvalue weighted by molar-refractivity contribution is -0.147. The number of aliphatic hydroxyl groups is 1. The Kier molecular flexibility index (Phi) is 3.98. The average molecular weight is 251 g/mol. The van der Waals surface area contributed by atoms with E-state index in [2.05, 4.69) is 0 Å². The van der Waals surface area contributed by atoms with E-state index in [1.165, 1.54) is 0 Å². The summed E-state index contributed by atoms with van der Waals surface area (Å²) >= 11 is 0. The fourth-order valence-electron chi connectivity index (χ4n) is 2.75. The van der Waals surface area contributed by atoms with Gasteiger partial charge < -0.3 is 5.11 Å². The minimum absolute atomic E-state index is 0.134. The van der Waals surface area contributed by atoms with Crippen LogP contribution in [-0.4, -0.2) is 41.4 Å². The largest absolute Gasteiger partial charge is 0.401 e. The quantitative estimate of drug-likeness (QED) is 0.811. The maximum atomic E-state index is 12.4. The van der Waals surface area contributed by atoms with Crippen LogP contribution in [0.15, 0.2) is 0 Å². The maximum absolute atomic E-state index is 12.4. The summed E-state index contributed by atoms with van der Waals surface area (Å²) in [6.45, 7) is -0.313. The summed E-state index contributed by atoms with van der Waals surface area (Å²) in [6, 6.07) is 0.134. The van der Waals surface area contributed by atoms with Gasteiger partial charge in [-0.3, -0.25) is 4.90 Å². The van der Waals surface area contributed by atoms with Crippen LogP contribution in [-0.2, 0) is 0 Å². The molecule has 0 radical (unpaired) electrons. The van der Waals surface area contributed by atoms with Crippen LogP contribution in [0.25, 0.3) is 0 Å². The van der Waals surface area contributed by atoms with Gasteiger partial charge in [0.05, 0.1) is 12.6 Å². The molecule has 100 valence electrons. The highest BCUT2D eigenvalue weighted by Gasteiger charge is 2.38. The van der Waals surface area contributed by atoms with Gasteiger partial charge in [-0.15, -0.1) is 0 Å². The van der Waals surface area contributed by atoms with Crippen LogP contribution in [0.4, 0.5) is 13.2 Å². The maximum Gasteiger partial charge on any atom is 0.401 e. The van der Waals surface area contributed by atoms with Crippen molar-refractivity contribution in [3.05, 3.63) is 0 Å². The van der Waals surface area contributed by atoms with E-state index in [1.54, 1.807) is 4.90 Å². The Hall–Kier alpha value is -0.290. The van der Waals surface area contributed by atoms with Crippen molar-refractivity contribution in [2.24, 2.45) is 5.92 Å². The lowest BCUT2D eigenvalue weighted by atomic mass is 10.0. The van der Waals surface area contributed by atoms with Crippen molar-refractivity contribution >= 4 is 0 Å². The molecule has 2 unspecified atom stereocenters. The highest BCUT2D eigenvalue weighted by atomic mass is 19.4. The summed E-state index contributed by atoms with van der Waals surface area (Å²) in [7, 11) is 0. The molecule has 5 heteroatoms. The average Bonchev–Trinajstić information content (AvgIpc) is 2.97. The molecule has 2 aliphatic carbocycles. The number of hydrogen-bond donors (Lipinski definition) is 1. The van der Waals surface area contributed by atoms with Crippen molar-refractivity contribution in [3.63, 3.8) is 0 Å². The molecular formula is C12H20F3NO. The molecule has 0 aliphatic heterocycles. The van der Waals surface area contributed by atoms with E-state index in [0.29, 0.717) is 13.0 Å². The second kappa shape index (κ2) is 5.14. The Morgan fingerprint density at radius 2 is 1.82 bits per heavy atom. The van der Waals surface area contributed by atoms with Crippen LogP contribution in [0.2, 0.25) is 0 Å². The third-order valence-electron chi connectivity index (χ3n) is 3.85. The van der Waals surface area contributed by atoms with E-state index in [0.717, 1.165) is 32.1 Å². The standard InChI is InChI=1S/C12H20F3NO/c13-12(14,15)8-16(10-4-5-10)7-6-9-2-1-3-11(9)17/h9-11,17H,1-8H2. The second-order valence-corrected chi connectivity index (χ2v) is 5.36. The first-order valence-corrected chi connectivity index (χ1v) is 6.44. The van der Waals surface area contributed by atoms with Gasteiger partial charge in [0, 0.05) is 6.04 Å². The molecule has 2 fully saturated rings. The molecule has 2 atom stereocenters. The van der Waals surface area contributed by atoms with Crippen molar-refractivity contribution in [1.82, 2.24) is 4.90 Å². The summed E-state index contributed by atoms with van der Waals surface area (Å²) in [5.41, 5.74) is 0. The summed E-state index contributed by atoms with van der Waals surface area (Å²) in [5.74, 6) is 0.212. The summed E-state index contributed by atoms with van der Waals surface area (Å²) in [5, 5.41) is 9.65. The molecule has 2 rings (SSSR count). The summed E-state index contributed by atoms with van der Waals surface area (Å²) in [6.07, 6.45) is 0.882. The van der Waals surface area contributed by atoms with Gasteiger partial charge in [-0.2, -0.15) is 13.2 Å². The van der Waals surface area contributed by atoms with Crippen LogP contribution < -0.4 is 0 Å². The molecule has 0 aromatic rings. The molecule has 0 saturated heterocycles. The minimum Gasteiger partial charge on any atom is -0.393 e. The first kappa shape index (κ1) is 13.1. The van der Waals surface area contributed by atoms with Gasteiger partial charge >= 0.3 is 6.18 Å². The van der Waals surface area contributed by atoms with Crippen molar-refractivity contribution in [1.29, 1.82) is 0 Å². The first-order valence-electron chi connectivity index (χ1n) is 6.44. The van der Waals surface area contributed by atoms with Crippen molar-refractivity contribution in [2.45, 2.75) is 56.8 Å². The van der Waals surface area contributed by atoms with E-state index in [-0.39, 0.29) is 18.1 Å². The van der Waals surface area contributed by atoms with Crippen LogP contribution >= 0.6 is 0 Å². The molecule has 0 heterocycles. The number of rotatable bonds is 5. The van der Waals surface area contributed by atoms with E-state index < -0.39 is 12.7 Å². The first-order chi connectivity index (χ1) is 7.96. The van der Waals surface area contributed by atoms with Gasteiger partial charge in [0.1, 0.15) is 0 Å². The molecule has 17 heavy (non-hydrogen) atoms. The van der Waals surface area contributed by atoms with Crippen LogP contribution in [0.3, 0.4) is 0 Å². The number of nitrogens with zero attached hydrogens (tertiary/aromatic N) is 1. The van der Waals surface area contributed by atoms with Gasteiger partial charge in [0.25, 0.3) is 0 Å². The molecule has 2 nitrogen and oxygen atoms in total. The van der Waals surface area contributed by atoms with Crippen LogP contribution in [0.5, 0.6) is 0 Å². The lowest BCUT2D eigenvalue weighted by Crippen LogP contribution is -2.37. The lowest BCUT2D eigenvalue weighted by Gasteiger charge is -2.25. The predicted molar refractivity (Wildman–Crippen MR) is 58.6 cm³/mol. The van der Waals surface area contributed by atoms with E-state index in [9.17, 15) is 18.3 Å². The highest BCUT2D eigenvalue weighted by molar-refractivity contribution is 4.87. The van der Waals surface area contributed by atoms with Crippen LogP contribution in [0.1, 0.15) is 38.5 Å². The minimum atomic E-state index is -4.10. The van der Waals surface area contributed by atoms with Crippen molar-refractivity contribution < 1.29 is 18.3 Å². The molecule has 0 bridgehead atoms. The van der Waals surface area contributed by atoms with E-state index >= 15 is 0 Å². The fourth-order valence-corrected chi connectivity index (χ4v) is 2.75. The Morgan fingerprint density at radius 3 is 2.29 bits per heavy atom. The third-order valence-corrected chi connectivity index (χ3v) is 3.85. The Labute approximate surface area is 99.8 Å². The molecule has 2 saturated carbocycles. The Balaban J connectivity index is 1.77. The Morgan fingerprint density at radius 1 is 1.12 bits per heavy atom. The zero-order valence-corrected chi connectivity index (χ0v) is 9.92. The zero-order chi connectivity index (χ0) is 12.5. The number of hydrogen-bond acceptors (Lipinski definition) is 2. The second-order valence-electron chi connectivity index (χ2n) is 5.36. The van der Waals surface area contributed by atoms with Gasteiger partial charge in [-0.25, -0.2) is 0 Å². The smallest absolute Gasteiger partial charge is 0.393 e. The Bertz CT molecular complexity index is 253. The molecule has 0 aromatic heterocycles. The van der Waals surface area contributed by atoms with Gasteiger partial charge in [-0.05, 0) is 44.6 Å². The predicted octanol–water partition coefficient (Wildman–Crippen LogP) is 2.56. The van der Waals surface area contributed by atoms with E-state index in [1.807, 2.05) is 0 Å². The molecular weight excluding hydrogens is 231 g/mol. The van der Waals surface area contributed by atoms with Gasteiger partial charge in [0.15, 0.2) is 0 Å². The van der Waals surface area contributed by atoms with Crippen molar-refractivity contribution in [3.8, 4) is 0 Å². The molecule has 0 aromatic carbocycles. The SMILES string of the molecule is OC1CCCC1CCN(CC(F)(F)F)C1CC1. The molecule has 1 N–H and O–H groups in total. The highest BCUT2D eigenvalue weighted by Crippen LogP contribution is 2.33. The van der Waals surface area contributed by atoms with Gasteiger partial charge in [-0.1, -0.05) is 6.42 Å². The van der Waals surface area contributed by atoms with Crippen LogP contribution in [0, 0.1) is 5.92 Å². The molecule has 2 aliphatic rings. The van der Waals surface area contributed by atoms with Crippen molar-refractivity contribution in [2.75, 3.05) is 13.1 Å². The molecule has 0 amide bonds. The number of aliphatic hydroxyl groups excluding tert-OH is 1. The number of halogens is 3. The molecule has 0 spiro atoms. The summed E-state index contributed by atoms with van der Waals surface area (Å²) in [4.78, 5) is 1.55.